The lowest BCUT2D eigenvalue weighted by molar-refractivity contribution is -0.470. The summed E-state index contributed by atoms with van der Waals surface area (Å²) in [6, 6.07) is 7.20. The molecule has 0 atom stereocenters. The van der Waals surface area contributed by atoms with E-state index >= 15 is 0 Å². The molecule has 0 fully saturated rings. The van der Waals surface area contributed by atoms with Crippen LogP contribution in [0, 0.1) is 5.21 Å². The molecule has 132 valence electrons. The van der Waals surface area contributed by atoms with Crippen LogP contribution in [0.2, 0.25) is 10.0 Å². The van der Waals surface area contributed by atoms with Gasteiger partial charge in [0.25, 0.3) is 0 Å². The van der Waals surface area contributed by atoms with Crippen LogP contribution in [-0.2, 0) is 6.18 Å². The molecule has 0 saturated heterocycles. The quantitative estimate of drug-likeness (QED) is 0.600. The van der Waals surface area contributed by atoms with Gasteiger partial charge in [0.05, 0.1) is 10.6 Å². The molecule has 0 saturated carbocycles. The van der Waals surface area contributed by atoms with E-state index in [2.05, 4.69) is 5.43 Å². The SMILES string of the molecule is [O-][N+]1=C(c2ccc(C(F)(F)F)c(Cl)c2)CNN1c1cc(Cl)ccc1O. The highest BCUT2D eigenvalue weighted by molar-refractivity contribution is 6.32. The van der Waals surface area contributed by atoms with Crippen LogP contribution >= 0.6 is 23.2 Å². The van der Waals surface area contributed by atoms with Crippen molar-refractivity contribution in [2.24, 2.45) is 0 Å². The number of hydrazone groups is 1. The van der Waals surface area contributed by atoms with Crippen molar-refractivity contribution in [1.82, 2.24) is 5.43 Å². The number of aromatic hydroxyl groups is 1. The van der Waals surface area contributed by atoms with Gasteiger partial charge >= 0.3 is 6.18 Å². The van der Waals surface area contributed by atoms with E-state index in [1.54, 1.807) is 0 Å². The van der Waals surface area contributed by atoms with Crippen molar-refractivity contribution in [3.05, 3.63) is 62.8 Å². The van der Waals surface area contributed by atoms with Crippen molar-refractivity contribution < 1.29 is 23.1 Å². The summed E-state index contributed by atoms with van der Waals surface area (Å²) in [5.41, 5.74) is 2.22. The Bertz CT molecular complexity index is 872. The van der Waals surface area contributed by atoms with Crippen molar-refractivity contribution in [2.45, 2.75) is 6.18 Å². The van der Waals surface area contributed by atoms with Crippen molar-refractivity contribution in [1.29, 1.82) is 0 Å². The second-order valence-electron chi connectivity index (χ2n) is 5.19. The molecular formula is C15H10Cl2F3N3O2. The number of hydrazine groups is 2. The smallest absolute Gasteiger partial charge is 0.417 e. The fourth-order valence-corrected chi connectivity index (χ4v) is 2.84. The highest BCUT2D eigenvalue weighted by atomic mass is 35.5. The van der Waals surface area contributed by atoms with E-state index in [1.165, 1.54) is 18.2 Å². The predicted molar refractivity (Wildman–Crippen MR) is 87.8 cm³/mol. The van der Waals surface area contributed by atoms with Crippen LogP contribution in [-0.4, -0.2) is 22.2 Å². The molecule has 3 rings (SSSR count). The number of halogens is 5. The minimum Gasteiger partial charge on any atom is -0.595 e. The van der Waals surface area contributed by atoms with Crippen molar-refractivity contribution >= 4 is 34.6 Å². The maximum atomic E-state index is 12.8. The molecule has 0 unspecified atom stereocenters. The average molecular weight is 392 g/mol. The molecule has 0 amide bonds. The van der Waals surface area contributed by atoms with Crippen LogP contribution in [0.15, 0.2) is 36.4 Å². The van der Waals surface area contributed by atoms with E-state index in [9.17, 15) is 23.5 Å². The maximum Gasteiger partial charge on any atom is 0.417 e. The third kappa shape index (κ3) is 3.33. The number of alkyl halides is 3. The van der Waals surface area contributed by atoms with Gasteiger partial charge in [-0.3, -0.25) is 0 Å². The highest BCUT2D eigenvalue weighted by Crippen LogP contribution is 2.35. The fraction of sp³-hybridized carbons (Fsp3) is 0.133. The zero-order valence-electron chi connectivity index (χ0n) is 12.3. The van der Waals surface area contributed by atoms with Crippen LogP contribution < -0.4 is 10.5 Å². The molecule has 10 heteroatoms. The molecule has 1 heterocycles. The van der Waals surface area contributed by atoms with Crippen LogP contribution in [0.1, 0.15) is 11.1 Å². The molecule has 5 nitrogen and oxygen atoms in total. The Labute approximate surface area is 150 Å². The first-order chi connectivity index (χ1) is 11.7. The number of phenols is 1. The molecular weight excluding hydrogens is 382 g/mol. The number of hydrogen-bond acceptors (Lipinski definition) is 4. The molecule has 0 radical (unpaired) electrons. The molecule has 0 spiro atoms. The minimum atomic E-state index is -4.58. The number of benzene rings is 2. The van der Waals surface area contributed by atoms with Gasteiger partial charge in [0, 0.05) is 10.6 Å². The van der Waals surface area contributed by atoms with E-state index in [0.29, 0.717) is 9.87 Å². The van der Waals surface area contributed by atoms with Gasteiger partial charge in [-0.15, -0.1) is 0 Å². The Hall–Kier alpha value is -2.16. The third-order valence-corrected chi connectivity index (χ3v) is 4.13. The van der Waals surface area contributed by atoms with Gasteiger partial charge in [0.15, 0.2) is 5.69 Å². The second kappa shape index (κ2) is 6.29. The molecule has 0 aromatic heterocycles. The number of anilines is 1. The number of hydrogen-bond donors (Lipinski definition) is 2. The topological polar surface area (TPSA) is 61.6 Å². The van der Waals surface area contributed by atoms with Crippen LogP contribution in [0.3, 0.4) is 0 Å². The number of nitrogens with one attached hydrogen (secondary N) is 1. The molecule has 1 aliphatic rings. The Morgan fingerprint density at radius 1 is 1.16 bits per heavy atom. The first kappa shape index (κ1) is 17.7. The highest BCUT2D eigenvalue weighted by Gasteiger charge is 2.35. The normalized spacial score (nSPS) is 15.2. The summed E-state index contributed by atoms with van der Waals surface area (Å²) in [5, 5.41) is 23.2. The van der Waals surface area contributed by atoms with Gasteiger partial charge in [0.2, 0.25) is 5.71 Å². The number of nitrogens with zero attached hydrogens (tertiary/aromatic N) is 2. The summed E-state index contributed by atoms with van der Waals surface area (Å²) in [7, 11) is 0. The zero-order chi connectivity index (χ0) is 18.4. The first-order valence-corrected chi connectivity index (χ1v) is 7.66. The van der Waals surface area contributed by atoms with Crippen molar-refractivity contribution in [2.75, 3.05) is 11.7 Å². The van der Waals surface area contributed by atoms with Crippen LogP contribution in [0.4, 0.5) is 18.9 Å². The molecule has 0 bridgehead atoms. The predicted octanol–water partition coefficient (Wildman–Crippen LogP) is 3.96. The van der Waals surface area contributed by atoms with Gasteiger partial charge in [-0.05, 0) is 36.4 Å². The Balaban J connectivity index is 2.00. The third-order valence-electron chi connectivity index (χ3n) is 3.58. The first-order valence-electron chi connectivity index (χ1n) is 6.91. The van der Waals surface area contributed by atoms with Gasteiger partial charge in [0.1, 0.15) is 12.3 Å². The molecule has 0 aliphatic carbocycles. The van der Waals surface area contributed by atoms with E-state index in [0.717, 1.165) is 23.3 Å². The summed E-state index contributed by atoms with van der Waals surface area (Å²) in [6.07, 6.45) is -4.58. The number of rotatable bonds is 2. The van der Waals surface area contributed by atoms with Gasteiger partial charge in [-0.1, -0.05) is 33.2 Å². The summed E-state index contributed by atoms with van der Waals surface area (Å²) < 4.78 is 38.3. The lowest BCUT2D eigenvalue weighted by Crippen LogP contribution is -2.36. The van der Waals surface area contributed by atoms with Crippen molar-refractivity contribution in [3.8, 4) is 5.75 Å². The largest absolute Gasteiger partial charge is 0.595 e. The summed E-state index contributed by atoms with van der Waals surface area (Å²) >= 11 is 11.6. The van der Waals surface area contributed by atoms with E-state index in [4.69, 9.17) is 23.2 Å². The lowest BCUT2D eigenvalue weighted by Gasteiger charge is -2.17. The van der Waals surface area contributed by atoms with Gasteiger partial charge in [-0.25, -0.2) is 0 Å². The lowest BCUT2D eigenvalue weighted by atomic mass is 10.1. The van der Waals surface area contributed by atoms with Crippen LogP contribution in [0.25, 0.3) is 0 Å². The molecule has 2 N–H and O–H groups in total. The second-order valence-corrected chi connectivity index (χ2v) is 6.04. The van der Waals surface area contributed by atoms with E-state index < -0.39 is 16.8 Å². The number of phenolic OH excluding ortho intramolecular Hbond substituents is 1. The monoisotopic (exact) mass is 391 g/mol. The van der Waals surface area contributed by atoms with E-state index in [-0.39, 0.29) is 29.3 Å². The fourth-order valence-electron chi connectivity index (χ4n) is 2.39. The summed E-state index contributed by atoms with van der Waals surface area (Å²) in [4.78, 5) is 0.421. The maximum absolute atomic E-state index is 12.8. The molecule has 2 aromatic carbocycles. The Kier molecular flexibility index (Phi) is 4.44. The standard InChI is InChI=1S/C15H10Cl2F3N3O2/c16-9-2-4-14(24)12(6-9)22-21-7-13(23(22)25)8-1-3-10(11(17)5-8)15(18,19)20/h1-6,21,24H,7H2. The van der Waals surface area contributed by atoms with Gasteiger partial charge < -0.3 is 10.3 Å². The Morgan fingerprint density at radius 2 is 1.88 bits per heavy atom. The van der Waals surface area contributed by atoms with Crippen LogP contribution in [0.5, 0.6) is 5.75 Å². The van der Waals surface area contributed by atoms with Crippen molar-refractivity contribution in [3.63, 3.8) is 0 Å². The summed E-state index contributed by atoms with van der Waals surface area (Å²) in [6.45, 7) is 0.0249. The summed E-state index contributed by atoms with van der Waals surface area (Å²) in [5.74, 6) is -0.190. The molecule has 25 heavy (non-hydrogen) atoms. The minimum absolute atomic E-state index is 0.0249. The Morgan fingerprint density at radius 3 is 2.52 bits per heavy atom. The average Bonchev–Trinajstić information content (AvgIpc) is 2.90. The molecule has 2 aromatic rings. The zero-order valence-corrected chi connectivity index (χ0v) is 13.8. The molecule has 1 aliphatic heterocycles. The van der Waals surface area contributed by atoms with Gasteiger partial charge in [-0.2, -0.15) is 18.6 Å². The van der Waals surface area contributed by atoms with E-state index in [1.807, 2.05) is 0 Å².